The summed E-state index contributed by atoms with van der Waals surface area (Å²) in [5.41, 5.74) is -0.113. The maximum atomic E-state index is 5.77. The quantitative estimate of drug-likeness (QED) is 0.571. The molecule has 0 N–H and O–H groups in total. The average molecular weight is 165 g/mol. The number of ether oxygens (including phenoxy) is 1. The number of alkyl halides is 1. The normalized spacial score (nSPS) is 18.6. The Morgan fingerprint density at radius 1 is 1.20 bits per heavy atom. The van der Waals surface area contributed by atoms with Gasteiger partial charge in [0, 0.05) is 7.11 Å². The van der Waals surface area contributed by atoms with Gasteiger partial charge in [0.1, 0.15) is 0 Å². The lowest BCUT2D eigenvalue weighted by Crippen LogP contribution is -2.43. The Balaban J connectivity index is 4.33. The zero-order valence-corrected chi connectivity index (χ0v) is 8.25. The van der Waals surface area contributed by atoms with E-state index in [1.165, 1.54) is 0 Å². The van der Waals surface area contributed by atoms with E-state index in [2.05, 4.69) is 20.8 Å². The summed E-state index contributed by atoms with van der Waals surface area (Å²) in [6.07, 6.45) is 0. The number of methoxy groups -OCH3 is 1. The molecule has 0 radical (unpaired) electrons. The monoisotopic (exact) mass is 164 g/mol. The lowest BCUT2D eigenvalue weighted by atomic mass is 9.79. The highest BCUT2D eigenvalue weighted by molar-refractivity contribution is 6.18. The summed E-state index contributed by atoms with van der Waals surface area (Å²) in [6, 6.07) is 0. The summed E-state index contributed by atoms with van der Waals surface area (Å²) in [7, 11) is 1.70. The molecule has 62 valence electrons. The molecule has 2 heteroatoms. The SMILES string of the molecule is COC(C)(CCl)C(C)(C)C. The predicted molar refractivity (Wildman–Crippen MR) is 45.6 cm³/mol. The molecule has 0 heterocycles. The van der Waals surface area contributed by atoms with Gasteiger partial charge in [0.15, 0.2) is 0 Å². The molecule has 0 aliphatic carbocycles. The van der Waals surface area contributed by atoms with Gasteiger partial charge >= 0.3 is 0 Å². The van der Waals surface area contributed by atoms with Crippen molar-refractivity contribution >= 4 is 11.6 Å². The van der Waals surface area contributed by atoms with E-state index in [9.17, 15) is 0 Å². The zero-order chi connectivity index (χ0) is 8.41. The van der Waals surface area contributed by atoms with Gasteiger partial charge in [-0.05, 0) is 12.3 Å². The average Bonchev–Trinajstić information content (AvgIpc) is 1.84. The molecule has 0 rings (SSSR count). The Bertz CT molecular complexity index is 100. The van der Waals surface area contributed by atoms with Crippen LogP contribution in [0.2, 0.25) is 0 Å². The molecule has 0 spiro atoms. The Kier molecular flexibility index (Phi) is 3.18. The van der Waals surface area contributed by atoms with Gasteiger partial charge < -0.3 is 4.74 Å². The molecular formula is C8H17ClO. The Hall–Kier alpha value is 0.250. The van der Waals surface area contributed by atoms with Crippen LogP contribution >= 0.6 is 11.6 Å². The van der Waals surface area contributed by atoms with Gasteiger partial charge in [-0.15, -0.1) is 11.6 Å². The summed E-state index contributed by atoms with van der Waals surface area (Å²) < 4.78 is 5.32. The maximum absolute atomic E-state index is 5.77. The Morgan fingerprint density at radius 3 is 1.60 bits per heavy atom. The molecule has 1 unspecified atom stereocenters. The molecule has 0 fully saturated rings. The first kappa shape index (κ1) is 10.2. The molecule has 0 amide bonds. The third-order valence-electron chi connectivity index (χ3n) is 2.29. The van der Waals surface area contributed by atoms with Crippen LogP contribution in [-0.2, 0) is 4.74 Å². The fraction of sp³-hybridized carbons (Fsp3) is 1.00. The predicted octanol–water partition coefficient (Wildman–Crippen LogP) is 2.68. The van der Waals surface area contributed by atoms with E-state index < -0.39 is 0 Å². The molecule has 0 saturated carbocycles. The molecule has 0 aliphatic heterocycles. The van der Waals surface area contributed by atoms with Crippen molar-refractivity contribution in [3.05, 3.63) is 0 Å². The van der Waals surface area contributed by atoms with Crippen molar-refractivity contribution in [1.29, 1.82) is 0 Å². The first-order valence-corrected chi connectivity index (χ1v) is 4.02. The molecule has 0 bridgehead atoms. The van der Waals surface area contributed by atoms with Crippen molar-refractivity contribution in [1.82, 2.24) is 0 Å². The van der Waals surface area contributed by atoms with E-state index in [1.807, 2.05) is 6.92 Å². The van der Waals surface area contributed by atoms with E-state index in [0.29, 0.717) is 5.88 Å². The molecule has 0 saturated heterocycles. The summed E-state index contributed by atoms with van der Waals surface area (Å²) in [4.78, 5) is 0. The Labute approximate surface area is 68.7 Å². The highest BCUT2D eigenvalue weighted by atomic mass is 35.5. The smallest absolute Gasteiger partial charge is 0.0833 e. The molecule has 0 aromatic carbocycles. The topological polar surface area (TPSA) is 9.23 Å². The Morgan fingerprint density at radius 2 is 1.60 bits per heavy atom. The van der Waals surface area contributed by atoms with Crippen molar-refractivity contribution in [2.24, 2.45) is 5.41 Å². The van der Waals surface area contributed by atoms with E-state index in [4.69, 9.17) is 16.3 Å². The van der Waals surface area contributed by atoms with E-state index in [1.54, 1.807) is 7.11 Å². The lowest BCUT2D eigenvalue weighted by Gasteiger charge is -2.39. The van der Waals surface area contributed by atoms with Gasteiger partial charge in [-0.2, -0.15) is 0 Å². The number of halogens is 1. The summed E-state index contributed by atoms with van der Waals surface area (Å²) in [5.74, 6) is 0.535. The minimum Gasteiger partial charge on any atom is -0.377 e. The van der Waals surface area contributed by atoms with Crippen LogP contribution in [0.3, 0.4) is 0 Å². The van der Waals surface area contributed by atoms with Crippen molar-refractivity contribution in [2.45, 2.75) is 33.3 Å². The third-order valence-corrected chi connectivity index (χ3v) is 2.80. The second-order valence-corrected chi connectivity index (χ2v) is 4.09. The minimum atomic E-state index is -0.214. The van der Waals surface area contributed by atoms with Crippen molar-refractivity contribution in [3.63, 3.8) is 0 Å². The molecule has 0 aromatic rings. The van der Waals surface area contributed by atoms with Gasteiger partial charge in [-0.1, -0.05) is 20.8 Å². The van der Waals surface area contributed by atoms with Crippen molar-refractivity contribution < 1.29 is 4.74 Å². The van der Waals surface area contributed by atoms with Crippen LogP contribution in [-0.4, -0.2) is 18.6 Å². The number of rotatable bonds is 2. The standard InChI is InChI=1S/C8H17ClO/c1-7(2,3)8(4,6-9)10-5/h6H2,1-5H3. The van der Waals surface area contributed by atoms with E-state index in [0.717, 1.165) is 0 Å². The van der Waals surface area contributed by atoms with Gasteiger partial charge in [0.05, 0.1) is 11.5 Å². The van der Waals surface area contributed by atoms with Gasteiger partial charge in [-0.25, -0.2) is 0 Å². The zero-order valence-electron chi connectivity index (χ0n) is 7.49. The molecule has 1 nitrogen and oxygen atoms in total. The molecule has 10 heavy (non-hydrogen) atoms. The highest BCUT2D eigenvalue weighted by Gasteiger charge is 2.36. The second-order valence-electron chi connectivity index (χ2n) is 3.82. The van der Waals surface area contributed by atoms with Gasteiger partial charge in [-0.3, -0.25) is 0 Å². The summed E-state index contributed by atoms with van der Waals surface area (Å²) in [5, 5.41) is 0. The van der Waals surface area contributed by atoms with Crippen LogP contribution in [0.25, 0.3) is 0 Å². The molecular weight excluding hydrogens is 148 g/mol. The van der Waals surface area contributed by atoms with Gasteiger partial charge in [0.25, 0.3) is 0 Å². The van der Waals surface area contributed by atoms with Crippen LogP contribution in [0.5, 0.6) is 0 Å². The summed E-state index contributed by atoms with van der Waals surface area (Å²) >= 11 is 5.77. The highest BCUT2D eigenvalue weighted by Crippen LogP contribution is 2.33. The maximum Gasteiger partial charge on any atom is 0.0833 e. The van der Waals surface area contributed by atoms with Gasteiger partial charge in [0.2, 0.25) is 0 Å². The van der Waals surface area contributed by atoms with Crippen LogP contribution in [0.1, 0.15) is 27.7 Å². The number of hydrogen-bond donors (Lipinski definition) is 0. The number of hydrogen-bond acceptors (Lipinski definition) is 1. The van der Waals surface area contributed by atoms with E-state index >= 15 is 0 Å². The minimum absolute atomic E-state index is 0.101. The van der Waals surface area contributed by atoms with Crippen molar-refractivity contribution in [2.75, 3.05) is 13.0 Å². The fourth-order valence-corrected chi connectivity index (χ4v) is 1.07. The molecule has 0 aliphatic rings. The van der Waals surface area contributed by atoms with Crippen molar-refractivity contribution in [3.8, 4) is 0 Å². The van der Waals surface area contributed by atoms with Crippen LogP contribution in [0.4, 0.5) is 0 Å². The third kappa shape index (κ3) is 1.86. The first-order chi connectivity index (χ1) is 4.37. The molecule has 0 aromatic heterocycles. The molecule has 1 atom stereocenters. The van der Waals surface area contributed by atoms with E-state index in [-0.39, 0.29) is 11.0 Å². The van der Waals surface area contributed by atoms with Crippen LogP contribution in [0.15, 0.2) is 0 Å². The van der Waals surface area contributed by atoms with Crippen LogP contribution < -0.4 is 0 Å². The second kappa shape index (κ2) is 3.10. The summed E-state index contributed by atoms with van der Waals surface area (Å²) in [6.45, 7) is 8.40. The first-order valence-electron chi connectivity index (χ1n) is 3.48. The largest absolute Gasteiger partial charge is 0.377 e. The lowest BCUT2D eigenvalue weighted by molar-refractivity contribution is -0.0589. The fourth-order valence-electron chi connectivity index (χ4n) is 0.561. The van der Waals surface area contributed by atoms with Crippen LogP contribution in [0, 0.1) is 5.41 Å².